The van der Waals surface area contributed by atoms with E-state index in [1.165, 1.54) is 7.11 Å². The van der Waals surface area contributed by atoms with Crippen molar-refractivity contribution in [3.8, 4) is 11.1 Å². The minimum atomic E-state index is -0.702. The lowest BCUT2D eigenvalue weighted by Gasteiger charge is -2.19. The number of aryl methyl sites for hydroxylation is 1. The van der Waals surface area contributed by atoms with Gasteiger partial charge < -0.3 is 14.8 Å². The van der Waals surface area contributed by atoms with Gasteiger partial charge in [-0.2, -0.15) is 22.0 Å². The van der Waals surface area contributed by atoms with E-state index >= 15 is 0 Å². The summed E-state index contributed by atoms with van der Waals surface area (Å²) in [7, 11) is 1.33. The number of aromatic nitrogens is 2. The summed E-state index contributed by atoms with van der Waals surface area (Å²) in [5, 5.41) is 10.5. The lowest BCUT2D eigenvalue weighted by Crippen LogP contribution is -2.42. The van der Waals surface area contributed by atoms with E-state index in [9.17, 15) is 9.59 Å². The molecule has 178 valence electrons. The minimum absolute atomic E-state index is 0.315. The molecule has 0 spiro atoms. The zero-order valence-corrected chi connectivity index (χ0v) is 20.4. The minimum Gasteiger partial charge on any atom is -0.467 e. The van der Waals surface area contributed by atoms with Crippen LogP contribution >= 0.6 is 11.8 Å². The molecule has 1 N–H and O–H groups in total. The summed E-state index contributed by atoms with van der Waals surface area (Å²) in [6, 6.07) is 14.7. The second-order valence-corrected chi connectivity index (χ2v) is 8.75. The number of methoxy groups -OCH3 is 1. The number of hydrogen-bond acceptors (Lipinski definition) is 7. The van der Waals surface area contributed by atoms with Gasteiger partial charge in [0.05, 0.1) is 26.5 Å². The maximum atomic E-state index is 13.3. The van der Waals surface area contributed by atoms with Crippen LogP contribution < -0.4 is 5.32 Å². The van der Waals surface area contributed by atoms with E-state index in [1.807, 2.05) is 55.6 Å². The molecule has 8 heteroatoms. The van der Waals surface area contributed by atoms with Crippen LogP contribution in [0.4, 0.5) is 0 Å². The highest BCUT2D eigenvalue weighted by Crippen LogP contribution is 2.28. The van der Waals surface area contributed by atoms with Crippen molar-refractivity contribution in [2.75, 3.05) is 19.1 Å². The van der Waals surface area contributed by atoms with Gasteiger partial charge in [-0.25, -0.2) is 4.79 Å². The van der Waals surface area contributed by atoms with Crippen LogP contribution in [-0.4, -0.2) is 47.2 Å². The van der Waals surface area contributed by atoms with Crippen LogP contribution in [0.3, 0.4) is 0 Å². The summed E-state index contributed by atoms with van der Waals surface area (Å²) in [6.07, 6.45) is 5.75. The lowest BCUT2D eigenvalue weighted by atomic mass is 9.93. The Balaban J connectivity index is 1.86. The molecule has 0 fully saturated rings. The van der Waals surface area contributed by atoms with Crippen molar-refractivity contribution in [3.05, 3.63) is 83.2 Å². The number of thioether (sulfide) groups is 1. The highest BCUT2D eigenvalue weighted by atomic mass is 32.2. The van der Waals surface area contributed by atoms with Crippen LogP contribution in [-0.2, 0) is 27.5 Å². The average Bonchev–Trinajstić information content (AvgIpc) is 2.86. The Morgan fingerprint density at radius 3 is 2.53 bits per heavy atom. The molecule has 0 radical (unpaired) electrons. The Morgan fingerprint density at radius 1 is 1.03 bits per heavy atom. The number of hydrogen-bond donors (Lipinski definition) is 1. The molecule has 7 nitrogen and oxygen atoms in total. The molecular weight excluding hydrogens is 450 g/mol. The molecule has 1 amide bonds. The molecule has 1 heterocycles. The van der Waals surface area contributed by atoms with Crippen molar-refractivity contribution >= 4 is 23.6 Å². The van der Waals surface area contributed by atoms with Gasteiger partial charge in [0.1, 0.15) is 6.04 Å². The quantitative estimate of drug-likeness (QED) is 0.412. The highest BCUT2D eigenvalue weighted by molar-refractivity contribution is 7.98. The molecule has 2 aromatic carbocycles. The van der Waals surface area contributed by atoms with Gasteiger partial charge in [-0.1, -0.05) is 30.3 Å². The van der Waals surface area contributed by atoms with E-state index in [0.717, 1.165) is 33.6 Å². The van der Waals surface area contributed by atoms with Crippen molar-refractivity contribution in [1.82, 2.24) is 15.5 Å². The Morgan fingerprint density at radius 2 is 1.82 bits per heavy atom. The second kappa shape index (κ2) is 12.9. The van der Waals surface area contributed by atoms with Crippen LogP contribution in [0, 0.1) is 6.92 Å². The number of ether oxygens (including phenoxy) is 2. The predicted molar refractivity (Wildman–Crippen MR) is 133 cm³/mol. The molecule has 0 aliphatic rings. The third-order valence-electron chi connectivity index (χ3n) is 5.35. The normalized spacial score (nSPS) is 11.6. The molecule has 3 rings (SSSR count). The molecule has 34 heavy (non-hydrogen) atoms. The Kier molecular flexibility index (Phi) is 9.61. The maximum Gasteiger partial charge on any atom is 0.328 e. The summed E-state index contributed by atoms with van der Waals surface area (Å²) in [5.41, 5.74) is 5.15. The summed E-state index contributed by atoms with van der Waals surface area (Å²) in [6.45, 7) is 2.79. The predicted octanol–water partition coefficient (Wildman–Crippen LogP) is 4.19. The van der Waals surface area contributed by atoms with Crippen molar-refractivity contribution in [3.63, 3.8) is 0 Å². The van der Waals surface area contributed by atoms with Crippen LogP contribution in [0.15, 0.2) is 60.9 Å². The van der Waals surface area contributed by atoms with Crippen molar-refractivity contribution in [1.29, 1.82) is 0 Å². The lowest BCUT2D eigenvalue weighted by molar-refractivity contribution is -0.142. The first kappa shape index (κ1) is 25.4. The summed E-state index contributed by atoms with van der Waals surface area (Å²) in [4.78, 5) is 25.5. The second-order valence-electron chi connectivity index (χ2n) is 7.77. The summed E-state index contributed by atoms with van der Waals surface area (Å²) >= 11 is 1.61. The van der Waals surface area contributed by atoms with Crippen LogP contribution in [0.2, 0.25) is 0 Å². The zero-order chi connectivity index (χ0) is 24.3. The molecule has 1 aromatic heterocycles. The fourth-order valence-corrected chi connectivity index (χ4v) is 4.00. The third-order valence-corrected chi connectivity index (χ3v) is 5.99. The number of nitrogens with zero attached hydrogens (tertiary/aromatic N) is 2. The van der Waals surface area contributed by atoms with Crippen LogP contribution in [0.1, 0.15) is 33.5 Å². The van der Waals surface area contributed by atoms with Gasteiger partial charge in [0.25, 0.3) is 5.91 Å². The molecule has 0 bridgehead atoms. The summed E-state index contributed by atoms with van der Waals surface area (Å²) < 4.78 is 10.7. The van der Waals surface area contributed by atoms with E-state index in [1.54, 1.807) is 30.2 Å². The van der Waals surface area contributed by atoms with E-state index in [-0.39, 0.29) is 5.91 Å². The molecular formula is C26H29N3O4S. The first-order chi connectivity index (χ1) is 16.5. The number of benzene rings is 2. The Bertz CT molecular complexity index is 1110. The maximum absolute atomic E-state index is 13.3. The van der Waals surface area contributed by atoms with Crippen LogP contribution in [0.5, 0.6) is 0 Å². The largest absolute Gasteiger partial charge is 0.467 e. The van der Waals surface area contributed by atoms with E-state index < -0.39 is 12.0 Å². The number of esters is 1. The molecule has 0 aliphatic heterocycles. The summed E-state index contributed by atoms with van der Waals surface area (Å²) in [5.74, 6) is -0.0333. The fraction of sp³-hybridized carbons (Fsp3) is 0.308. The van der Waals surface area contributed by atoms with Crippen molar-refractivity contribution in [2.45, 2.75) is 32.6 Å². The number of rotatable bonds is 11. The van der Waals surface area contributed by atoms with Gasteiger partial charge in [-0.05, 0) is 71.4 Å². The van der Waals surface area contributed by atoms with Crippen molar-refractivity contribution < 1.29 is 19.1 Å². The number of nitrogens with one attached hydrogen (secondary N) is 1. The zero-order valence-electron chi connectivity index (χ0n) is 19.6. The molecule has 3 aromatic rings. The molecule has 0 unspecified atom stereocenters. The molecule has 0 saturated heterocycles. The smallest absolute Gasteiger partial charge is 0.328 e. The Labute approximate surface area is 204 Å². The van der Waals surface area contributed by atoms with Crippen molar-refractivity contribution in [2.24, 2.45) is 0 Å². The number of carbonyl (C=O) groups excluding carboxylic acids is 2. The van der Waals surface area contributed by atoms with E-state index in [4.69, 9.17) is 9.47 Å². The van der Waals surface area contributed by atoms with Gasteiger partial charge in [-0.3, -0.25) is 4.79 Å². The van der Waals surface area contributed by atoms with Gasteiger partial charge >= 0.3 is 5.97 Å². The van der Waals surface area contributed by atoms with Gasteiger partial charge in [0.15, 0.2) is 0 Å². The standard InChI is InChI=1S/C26H29N3O4S/c1-18-6-4-5-7-21(18)23-14-19(16-33-17-20-10-12-27-28-15-20)8-9-22(23)25(30)29-24(11-13-34-3)26(31)32-2/h4-10,12,14-15,24H,11,13,16-17H2,1-3H3,(H,29,30)/t24-/m0/s1. The monoisotopic (exact) mass is 479 g/mol. The fourth-order valence-electron chi connectivity index (χ4n) is 3.53. The average molecular weight is 480 g/mol. The highest BCUT2D eigenvalue weighted by Gasteiger charge is 2.23. The molecule has 1 atom stereocenters. The SMILES string of the molecule is COC(=O)[C@H](CCSC)NC(=O)c1ccc(COCc2ccnnc2)cc1-c1ccccc1C. The third kappa shape index (κ3) is 6.88. The van der Waals surface area contributed by atoms with E-state index in [2.05, 4.69) is 15.5 Å². The molecule has 0 saturated carbocycles. The van der Waals surface area contributed by atoms with Gasteiger partial charge in [0, 0.05) is 11.8 Å². The first-order valence-electron chi connectivity index (χ1n) is 10.9. The topological polar surface area (TPSA) is 90.4 Å². The van der Waals surface area contributed by atoms with E-state index in [0.29, 0.717) is 25.2 Å². The molecule has 0 aliphatic carbocycles. The Hall–Kier alpha value is -3.23. The first-order valence-corrected chi connectivity index (χ1v) is 12.3. The number of carbonyl (C=O) groups is 2. The van der Waals surface area contributed by atoms with Gasteiger partial charge in [0.2, 0.25) is 0 Å². The number of amides is 1. The van der Waals surface area contributed by atoms with Crippen LogP contribution in [0.25, 0.3) is 11.1 Å². The van der Waals surface area contributed by atoms with Gasteiger partial charge in [-0.15, -0.1) is 0 Å².